The fourth-order valence-corrected chi connectivity index (χ4v) is 6.87. The van der Waals surface area contributed by atoms with Gasteiger partial charge in [-0.25, -0.2) is 4.39 Å². The standard InChI is InChI=1S/C33H47FN2O.C10H22O.C2H6/c1-11-21(6)24(9)29(23(8)20(4)5)32(35)30-26(12-2)28(19-37)27(25(10)31(30)34)18-36-22(7)14-15-33(13-3)16-17-33;1-4-7-10(5-2,6-3)8-9-11;1-2/h11,18,35,37H,7,12-17,19H2,1-6,8-10H3;11H,4-9H2,1-3H3;1-2H3/b21-11-,29-24-,35-32?,36-18?;;. The van der Waals surface area contributed by atoms with Crippen LogP contribution in [0.5, 0.6) is 0 Å². The average molecular weight is 695 g/mol. The SMILES string of the molecule is C=C(CCC1(CC)CC1)N=Cc1c(C)c(F)c(C(=N)/C(C(C)=C(C)C)=C(C)\C(C)=C/C)c(CC)c1CO.CC.CCCC(CC)(CC)CCO. The number of allylic oxidation sites excluding steroid dienone is 7. The Labute approximate surface area is 307 Å². The summed E-state index contributed by atoms with van der Waals surface area (Å²) in [6.07, 6.45) is 15.7. The summed E-state index contributed by atoms with van der Waals surface area (Å²) in [7, 11) is 0. The number of nitrogens with one attached hydrogen (secondary N) is 1. The van der Waals surface area contributed by atoms with Crippen LogP contribution in [0.25, 0.3) is 0 Å². The molecule has 4 nitrogen and oxygen atoms in total. The molecule has 1 fully saturated rings. The van der Waals surface area contributed by atoms with E-state index in [0.29, 0.717) is 46.1 Å². The Kier molecular flexibility index (Phi) is 21.8. The van der Waals surface area contributed by atoms with Gasteiger partial charge in [0.05, 0.1) is 12.3 Å². The fraction of sp³-hybridized carbons (Fsp3) is 0.644. The van der Waals surface area contributed by atoms with Gasteiger partial charge < -0.3 is 10.2 Å². The highest BCUT2D eigenvalue weighted by molar-refractivity contribution is 6.15. The first-order valence-electron chi connectivity index (χ1n) is 19.5. The van der Waals surface area contributed by atoms with Crippen LogP contribution in [-0.2, 0) is 13.0 Å². The van der Waals surface area contributed by atoms with E-state index in [1.165, 1.54) is 44.9 Å². The molecule has 0 saturated heterocycles. The van der Waals surface area contributed by atoms with Crippen LogP contribution in [-0.4, -0.2) is 28.7 Å². The smallest absolute Gasteiger partial charge is 0.136 e. The molecule has 50 heavy (non-hydrogen) atoms. The van der Waals surface area contributed by atoms with Gasteiger partial charge in [0, 0.05) is 35.2 Å². The Bertz CT molecular complexity index is 1370. The first-order chi connectivity index (χ1) is 23.6. The number of halogens is 1. The molecule has 0 bridgehead atoms. The van der Waals surface area contributed by atoms with E-state index in [1.807, 2.05) is 68.4 Å². The van der Waals surface area contributed by atoms with Crippen molar-refractivity contribution in [3.8, 4) is 0 Å². The van der Waals surface area contributed by atoms with E-state index in [9.17, 15) is 10.5 Å². The molecule has 5 heteroatoms. The van der Waals surface area contributed by atoms with Gasteiger partial charge in [0.15, 0.2) is 0 Å². The molecule has 1 aromatic carbocycles. The first kappa shape index (κ1) is 47.4. The van der Waals surface area contributed by atoms with E-state index < -0.39 is 5.82 Å². The number of aliphatic hydroxyl groups excluding tert-OH is 2. The Balaban J connectivity index is 0.00000157. The highest BCUT2D eigenvalue weighted by Gasteiger charge is 2.39. The molecular formula is C45H75FN2O2. The van der Waals surface area contributed by atoms with Gasteiger partial charge >= 0.3 is 0 Å². The van der Waals surface area contributed by atoms with Crippen LogP contribution in [0.3, 0.4) is 0 Å². The third-order valence-corrected chi connectivity index (χ3v) is 11.4. The van der Waals surface area contributed by atoms with Gasteiger partial charge in [0.2, 0.25) is 0 Å². The van der Waals surface area contributed by atoms with Gasteiger partial charge in [-0.1, -0.05) is 98.0 Å². The fourth-order valence-electron chi connectivity index (χ4n) is 6.87. The van der Waals surface area contributed by atoms with Crippen molar-refractivity contribution in [2.75, 3.05) is 6.61 Å². The summed E-state index contributed by atoms with van der Waals surface area (Å²) >= 11 is 0. The van der Waals surface area contributed by atoms with Crippen molar-refractivity contribution in [1.29, 1.82) is 5.41 Å². The summed E-state index contributed by atoms with van der Waals surface area (Å²) in [5.74, 6) is -0.418. The van der Waals surface area contributed by atoms with Crippen LogP contribution in [0, 0.1) is 29.0 Å². The molecule has 284 valence electrons. The van der Waals surface area contributed by atoms with Crippen LogP contribution >= 0.6 is 0 Å². The van der Waals surface area contributed by atoms with E-state index in [2.05, 4.69) is 39.3 Å². The predicted octanol–water partition coefficient (Wildman–Crippen LogP) is 13.1. The molecule has 0 aromatic heterocycles. The van der Waals surface area contributed by atoms with Crippen molar-refractivity contribution >= 4 is 11.9 Å². The number of benzene rings is 1. The number of hydrogen-bond donors (Lipinski definition) is 3. The lowest BCUT2D eigenvalue weighted by atomic mass is 9.76. The van der Waals surface area contributed by atoms with Crippen LogP contribution in [0.1, 0.15) is 182 Å². The second kappa shape index (κ2) is 23.0. The van der Waals surface area contributed by atoms with Gasteiger partial charge in [-0.05, 0) is 132 Å². The van der Waals surface area contributed by atoms with Crippen LogP contribution in [0.4, 0.5) is 4.39 Å². The molecule has 1 aromatic rings. The third kappa shape index (κ3) is 12.5. The van der Waals surface area contributed by atoms with Gasteiger partial charge in [-0.15, -0.1) is 0 Å². The zero-order valence-electron chi connectivity index (χ0n) is 34.8. The highest BCUT2D eigenvalue weighted by atomic mass is 19.1. The minimum atomic E-state index is -0.418. The third-order valence-electron chi connectivity index (χ3n) is 11.4. The summed E-state index contributed by atoms with van der Waals surface area (Å²) in [6, 6.07) is 0. The largest absolute Gasteiger partial charge is 0.396 e. The molecule has 3 N–H and O–H groups in total. The number of aliphatic hydroxyl groups is 2. The van der Waals surface area contributed by atoms with Gasteiger partial charge in [-0.2, -0.15) is 0 Å². The average Bonchev–Trinajstić information content (AvgIpc) is 3.91. The normalized spacial score (nSPS) is 14.3. The predicted molar refractivity (Wildman–Crippen MR) is 218 cm³/mol. The number of hydrogen-bond acceptors (Lipinski definition) is 4. The molecular weight excluding hydrogens is 620 g/mol. The zero-order valence-corrected chi connectivity index (χ0v) is 34.8. The van der Waals surface area contributed by atoms with Gasteiger partial charge in [-0.3, -0.25) is 10.4 Å². The maximum absolute atomic E-state index is 16.2. The van der Waals surface area contributed by atoms with Crippen molar-refractivity contribution in [3.05, 3.63) is 79.9 Å². The summed E-state index contributed by atoms with van der Waals surface area (Å²) in [4.78, 5) is 4.59. The van der Waals surface area contributed by atoms with Crippen LogP contribution < -0.4 is 0 Å². The lowest BCUT2D eigenvalue weighted by Crippen LogP contribution is -2.20. The molecule has 0 spiro atoms. The monoisotopic (exact) mass is 695 g/mol. The van der Waals surface area contributed by atoms with Crippen molar-refractivity contribution in [3.63, 3.8) is 0 Å². The van der Waals surface area contributed by atoms with E-state index in [-0.39, 0.29) is 17.9 Å². The molecule has 2 rings (SSSR count). The molecule has 0 amide bonds. The van der Waals surface area contributed by atoms with E-state index in [0.717, 1.165) is 52.8 Å². The lowest BCUT2D eigenvalue weighted by molar-refractivity contribution is 0.155. The van der Waals surface area contributed by atoms with E-state index >= 15 is 4.39 Å². The zero-order chi connectivity index (χ0) is 38.8. The number of rotatable bonds is 18. The van der Waals surface area contributed by atoms with Gasteiger partial charge in [0.25, 0.3) is 0 Å². The molecule has 0 radical (unpaired) electrons. The van der Waals surface area contributed by atoms with Crippen LogP contribution in [0.2, 0.25) is 0 Å². The van der Waals surface area contributed by atoms with Crippen molar-refractivity contribution in [2.45, 2.75) is 174 Å². The molecule has 0 heterocycles. The van der Waals surface area contributed by atoms with Crippen LogP contribution in [0.15, 0.2) is 51.2 Å². The van der Waals surface area contributed by atoms with Gasteiger partial charge in [0.1, 0.15) is 5.82 Å². The number of nitrogens with zero attached hydrogens (tertiary/aromatic N) is 1. The Hall–Kier alpha value is -2.63. The molecule has 0 atom stereocenters. The van der Waals surface area contributed by atoms with Crippen molar-refractivity contribution in [2.24, 2.45) is 15.8 Å². The minimum absolute atomic E-state index is 0.159. The quantitative estimate of drug-likeness (QED) is 0.106. The maximum Gasteiger partial charge on any atom is 0.136 e. The summed E-state index contributed by atoms with van der Waals surface area (Å²) < 4.78 is 16.2. The molecule has 1 aliphatic carbocycles. The summed E-state index contributed by atoms with van der Waals surface area (Å²) in [5, 5.41) is 28.6. The number of aliphatic imine (C=N–C) groups is 1. The topological polar surface area (TPSA) is 76.7 Å². The lowest BCUT2D eigenvalue weighted by Gasteiger charge is -2.30. The molecule has 0 aliphatic heterocycles. The molecule has 0 unspecified atom stereocenters. The van der Waals surface area contributed by atoms with Crippen molar-refractivity contribution in [1.82, 2.24) is 0 Å². The van der Waals surface area contributed by atoms with E-state index in [4.69, 9.17) is 5.11 Å². The molecule has 1 aliphatic rings. The van der Waals surface area contributed by atoms with Crippen molar-refractivity contribution < 1.29 is 14.6 Å². The van der Waals surface area contributed by atoms with E-state index in [1.54, 1.807) is 13.1 Å². The first-order valence-corrected chi connectivity index (χ1v) is 19.5. The minimum Gasteiger partial charge on any atom is -0.396 e. The second-order valence-electron chi connectivity index (χ2n) is 14.3. The Morgan fingerprint density at radius 1 is 0.960 bits per heavy atom. The highest BCUT2D eigenvalue weighted by Crippen LogP contribution is 2.52. The summed E-state index contributed by atoms with van der Waals surface area (Å²) in [6.45, 7) is 32.8. The summed E-state index contributed by atoms with van der Waals surface area (Å²) in [5.41, 5.74) is 9.21. The second-order valence-corrected chi connectivity index (χ2v) is 14.3. The Morgan fingerprint density at radius 2 is 1.54 bits per heavy atom. The maximum atomic E-state index is 16.2. The Morgan fingerprint density at radius 3 is 1.94 bits per heavy atom. The molecule has 1 saturated carbocycles.